The lowest BCUT2D eigenvalue weighted by Crippen LogP contribution is -2.49. The molecule has 1 aromatic rings. The quantitative estimate of drug-likeness (QED) is 0.750. The zero-order chi connectivity index (χ0) is 15.8. The molecule has 1 aliphatic heterocycles. The Morgan fingerprint density at radius 3 is 2.50 bits per heavy atom. The van der Waals surface area contributed by atoms with E-state index in [1.165, 1.54) is 0 Å². The van der Waals surface area contributed by atoms with E-state index in [0.717, 1.165) is 68.7 Å². The highest BCUT2D eigenvalue weighted by molar-refractivity contribution is 9.10. The molecule has 5 nitrogen and oxygen atoms in total. The molecule has 0 aromatic carbocycles. The maximum absolute atomic E-state index is 12.2. The molecule has 1 amide bonds. The summed E-state index contributed by atoms with van der Waals surface area (Å²) in [5.41, 5.74) is 5.47. The zero-order valence-electron chi connectivity index (χ0n) is 13.0. The molecule has 1 fully saturated rings. The normalized spacial score (nSPS) is 15.2. The smallest absolute Gasteiger partial charge is 0.222 e. The summed E-state index contributed by atoms with van der Waals surface area (Å²) in [6.45, 7) is 4.04. The molecule has 1 aromatic heterocycles. The van der Waals surface area contributed by atoms with E-state index in [9.17, 15) is 4.79 Å². The second-order valence-corrected chi connectivity index (χ2v) is 6.57. The number of hydrogen-bond acceptors (Lipinski definition) is 4. The van der Waals surface area contributed by atoms with Crippen LogP contribution >= 0.6 is 15.9 Å². The van der Waals surface area contributed by atoms with Crippen molar-refractivity contribution in [3.63, 3.8) is 0 Å². The fourth-order valence-corrected chi connectivity index (χ4v) is 2.91. The molecular formula is C16H25BrN4O. The minimum absolute atomic E-state index is 0.288. The first-order chi connectivity index (χ1) is 10.7. The molecule has 0 unspecified atom stereocenters. The van der Waals surface area contributed by atoms with E-state index in [1.807, 2.05) is 23.2 Å². The molecule has 0 spiro atoms. The Hall–Kier alpha value is -1.14. The number of carbonyl (C=O) groups excluding carboxylic acids is 1. The van der Waals surface area contributed by atoms with Crippen molar-refractivity contribution >= 4 is 27.7 Å². The highest BCUT2D eigenvalue weighted by Crippen LogP contribution is 2.17. The molecule has 6 heteroatoms. The van der Waals surface area contributed by atoms with Gasteiger partial charge in [0.05, 0.1) is 0 Å². The summed E-state index contributed by atoms with van der Waals surface area (Å²) >= 11 is 3.40. The van der Waals surface area contributed by atoms with Crippen molar-refractivity contribution in [3.8, 4) is 0 Å². The number of hydrogen-bond donors (Lipinski definition) is 1. The number of piperazine rings is 1. The summed E-state index contributed by atoms with van der Waals surface area (Å²) in [6, 6.07) is 4.01. The van der Waals surface area contributed by atoms with Crippen LogP contribution in [0.15, 0.2) is 22.8 Å². The van der Waals surface area contributed by atoms with Crippen LogP contribution < -0.4 is 10.6 Å². The largest absolute Gasteiger partial charge is 0.353 e. The molecule has 1 aliphatic rings. The number of aromatic nitrogens is 1. The number of rotatable bonds is 7. The lowest BCUT2D eigenvalue weighted by Gasteiger charge is -2.35. The summed E-state index contributed by atoms with van der Waals surface area (Å²) in [7, 11) is 0. The van der Waals surface area contributed by atoms with Gasteiger partial charge in [-0.3, -0.25) is 4.79 Å². The molecule has 0 atom stereocenters. The molecule has 0 saturated carbocycles. The number of pyridine rings is 1. The molecule has 1 saturated heterocycles. The fraction of sp³-hybridized carbons (Fsp3) is 0.625. The van der Waals surface area contributed by atoms with Crippen molar-refractivity contribution in [2.45, 2.75) is 32.1 Å². The van der Waals surface area contributed by atoms with Gasteiger partial charge >= 0.3 is 0 Å². The Kier molecular flexibility index (Phi) is 7.12. The van der Waals surface area contributed by atoms with Crippen molar-refractivity contribution in [3.05, 3.63) is 22.8 Å². The van der Waals surface area contributed by atoms with Crippen LogP contribution in [0.1, 0.15) is 32.1 Å². The molecule has 2 N–H and O–H groups in total. The number of amides is 1. The van der Waals surface area contributed by atoms with Gasteiger partial charge < -0.3 is 15.5 Å². The third kappa shape index (κ3) is 5.25. The van der Waals surface area contributed by atoms with Crippen LogP contribution in [0, 0.1) is 0 Å². The van der Waals surface area contributed by atoms with Gasteiger partial charge in [-0.2, -0.15) is 0 Å². The van der Waals surface area contributed by atoms with E-state index in [-0.39, 0.29) is 5.91 Å². The Balaban J connectivity index is 1.70. The van der Waals surface area contributed by atoms with Gasteiger partial charge in [0.2, 0.25) is 5.91 Å². The van der Waals surface area contributed by atoms with Gasteiger partial charge in [0.1, 0.15) is 5.82 Å². The second kappa shape index (κ2) is 9.10. The maximum atomic E-state index is 12.2. The standard InChI is InChI=1S/C16H25BrN4O/c17-14-6-7-15(19-13-14)20-9-11-21(12-10-20)16(22)5-3-1-2-4-8-18/h6-7,13H,1-5,8-12,18H2. The van der Waals surface area contributed by atoms with Crippen molar-refractivity contribution in [1.29, 1.82) is 0 Å². The highest BCUT2D eigenvalue weighted by atomic mass is 79.9. The van der Waals surface area contributed by atoms with Gasteiger partial charge in [-0.15, -0.1) is 0 Å². The number of nitrogens with zero attached hydrogens (tertiary/aromatic N) is 3. The van der Waals surface area contributed by atoms with Crippen LogP contribution in [0.3, 0.4) is 0 Å². The average Bonchev–Trinajstić information content (AvgIpc) is 2.55. The van der Waals surface area contributed by atoms with Crippen LogP contribution in [-0.4, -0.2) is 48.5 Å². The van der Waals surface area contributed by atoms with Crippen LogP contribution in [0.5, 0.6) is 0 Å². The minimum Gasteiger partial charge on any atom is -0.353 e. The van der Waals surface area contributed by atoms with E-state index in [4.69, 9.17) is 5.73 Å². The van der Waals surface area contributed by atoms with E-state index < -0.39 is 0 Å². The first-order valence-electron chi connectivity index (χ1n) is 8.05. The first kappa shape index (κ1) is 17.2. The summed E-state index contributed by atoms with van der Waals surface area (Å²) in [5.74, 6) is 1.27. The number of unbranched alkanes of at least 4 members (excludes halogenated alkanes) is 3. The van der Waals surface area contributed by atoms with Crippen molar-refractivity contribution in [2.75, 3.05) is 37.6 Å². The van der Waals surface area contributed by atoms with Crippen LogP contribution in [0.4, 0.5) is 5.82 Å². The van der Waals surface area contributed by atoms with Crippen molar-refractivity contribution in [2.24, 2.45) is 5.73 Å². The number of nitrogens with two attached hydrogens (primary N) is 1. The van der Waals surface area contributed by atoms with Gasteiger partial charge in [-0.1, -0.05) is 12.8 Å². The molecular weight excluding hydrogens is 344 g/mol. The summed E-state index contributed by atoms with van der Waals surface area (Å²) < 4.78 is 0.986. The van der Waals surface area contributed by atoms with Gasteiger partial charge in [0.15, 0.2) is 0 Å². The third-order valence-electron chi connectivity index (χ3n) is 4.01. The zero-order valence-corrected chi connectivity index (χ0v) is 14.6. The fourth-order valence-electron chi connectivity index (χ4n) is 2.67. The highest BCUT2D eigenvalue weighted by Gasteiger charge is 2.21. The van der Waals surface area contributed by atoms with Gasteiger partial charge in [-0.05, 0) is 47.4 Å². The summed E-state index contributed by atoms with van der Waals surface area (Å²) in [6.07, 6.45) is 6.76. The predicted molar refractivity (Wildman–Crippen MR) is 92.9 cm³/mol. The Morgan fingerprint density at radius 1 is 1.14 bits per heavy atom. The van der Waals surface area contributed by atoms with E-state index in [2.05, 4.69) is 25.8 Å². The van der Waals surface area contributed by atoms with E-state index in [0.29, 0.717) is 6.42 Å². The predicted octanol–water partition coefficient (Wildman–Crippen LogP) is 2.40. The SMILES string of the molecule is NCCCCCCC(=O)N1CCN(c2ccc(Br)cn2)CC1. The molecule has 2 rings (SSSR count). The molecule has 0 bridgehead atoms. The maximum Gasteiger partial charge on any atom is 0.222 e. The molecule has 0 aliphatic carbocycles. The first-order valence-corrected chi connectivity index (χ1v) is 8.84. The van der Waals surface area contributed by atoms with E-state index >= 15 is 0 Å². The molecule has 0 radical (unpaired) electrons. The Labute approximate surface area is 141 Å². The lowest BCUT2D eigenvalue weighted by atomic mass is 10.1. The average molecular weight is 369 g/mol. The second-order valence-electron chi connectivity index (χ2n) is 5.66. The topological polar surface area (TPSA) is 62.5 Å². The molecule has 22 heavy (non-hydrogen) atoms. The third-order valence-corrected chi connectivity index (χ3v) is 4.48. The Bertz CT molecular complexity index is 458. The van der Waals surface area contributed by atoms with Gasteiger partial charge in [0, 0.05) is 43.3 Å². The van der Waals surface area contributed by atoms with E-state index in [1.54, 1.807) is 0 Å². The number of anilines is 1. The molecule has 122 valence electrons. The minimum atomic E-state index is 0.288. The lowest BCUT2D eigenvalue weighted by molar-refractivity contribution is -0.131. The molecule has 2 heterocycles. The van der Waals surface area contributed by atoms with Crippen LogP contribution in [0.2, 0.25) is 0 Å². The van der Waals surface area contributed by atoms with Gasteiger partial charge in [0.25, 0.3) is 0 Å². The summed E-state index contributed by atoms with van der Waals surface area (Å²) in [4.78, 5) is 20.8. The van der Waals surface area contributed by atoms with Crippen LogP contribution in [0.25, 0.3) is 0 Å². The number of halogens is 1. The van der Waals surface area contributed by atoms with Crippen molar-refractivity contribution < 1.29 is 4.79 Å². The summed E-state index contributed by atoms with van der Waals surface area (Å²) in [5, 5.41) is 0. The van der Waals surface area contributed by atoms with Crippen LogP contribution in [-0.2, 0) is 4.79 Å². The van der Waals surface area contributed by atoms with Gasteiger partial charge in [-0.25, -0.2) is 4.98 Å². The Morgan fingerprint density at radius 2 is 1.86 bits per heavy atom. The monoisotopic (exact) mass is 368 g/mol. The number of carbonyl (C=O) groups is 1. The van der Waals surface area contributed by atoms with Crippen molar-refractivity contribution in [1.82, 2.24) is 9.88 Å².